The molecular weight excluding hydrogens is 405 g/mol. The van der Waals surface area contributed by atoms with Crippen molar-refractivity contribution in [1.29, 1.82) is 0 Å². The zero-order valence-electron chi connectivity index (χ0n) is 15.6. The average molecular weight is 432 g/mol. The molecule has 3 amide bonds. The second kappa shape index (κ2) is 10.7. The van der Waals surface area contributed by atoms with Gasteiger partial charge in [-0.25, -0.2) is 4.39 Å². The number of amides is 3. The van der Waals surface area contributed by atoms with E-state index in [4.69, 9.17) is 4.74 Å². The third-order valence-electron chi connectivity index (χ3n) is 4.73. The van der Waals surface area contributed by atoms with E-state index in [0.29, 0.717) is 43.9 Å². The first-order valence-electron chi connectivity index (χ1n) is 8.68. The number of aryl methyl sites for hydroxylation is 1. The van der Waals surface area contributed by atoms with Gasteiger partial charge in [-0.15, -0.1) is 0 Å². The fourth-order valence-electron chi connectivity index (χ4n) is 3.16. The molecule has 2 atom stereocenters. The van der Waals surface area contributed by atoms with Gasteiger partial charge in [0.2, 0.25) is 5.91 Å². The van der Waals surface area contributed by atoms with Crippen molar-refractivity contribution in [3.63, 3.8) is 0 Å². The Morgan fingerprint density at radius 3 is 2.61 bits per heavy atom. The lowest BCUT2D eigenvalue weighted by Gasteiger charge is -2.17. The maximum atomic E-state index is 13.3. The SMILES string of the molecule is Cc1cc(NC(=O)[C@H]2CCN(C(=O)C(=O)N[C@H]3CCOC3)C2)ccc1F.S.S. The van der Waals surface area contributed by atoms with E-state index >= 15 is 0 Å². The second-order valence-electron chi connectivity index (χ2n) is 6.72. The number of hydrogen-bond donors (Lipinski definition) is 2. The average Bonchev–Trinajstić information content (AvgIpc) is 3.29. The molecule has 10 heteroatoms. The normalized spacial score (nSPS) is 20.7. The molecule has 3 rings (SSSR count). The number of nitrogens with one attached hydrogen (secondary N) is 2. The summed E-state index contributed by atoms with van der Waals surface area (Å²) in [4.78, 5) is 38.0. The summed E-state index contributed by atoms with van der Waals surface area (Å²) < 4.78 is 18.5. The Morgan fingerprint density at radius 1 is 1.21 bits per heavy atom. The number of nitrogens with zero attached hydrogens (tertiary/aromatic N) is 1. The number of ether oxygens (including phenoxy) is 1. The molecule has 0 unspecified atom stereocenters. The van der Waals surface area contributed by atoms with Crippen LogP contribution in [0.25, 0.3) is 0 Å². The molecule has 0 aromatic heterocycles. The summed E-state index contributed by atoms with van der Waals surface area (Å²) in [6, 6.07) is 4.22. The van der Waals surface area contributed by atoms with Crippen LogP contribution < -0.4 is 10.6 Å². The van der Waals surface area contributed by atoms with Crippen molar-refractivity contribution < 1.29 is 23.5 Å². The number of halogens is 1. The fraction of sp³-hybridized carbons (Fsp3) is 0.500. The van der Waals surface area contributed by atoms with Crippen LogP contribution in [0.3, 0.4) is 0 Å². The van der Waals surface area contributed by atoms with E-state index < -0.39 is 17.7 Å². The summed E-state index contributed by atoms with van der Waals surface area (Å²) in [7, 11) is 0. The first-order chi connectivity index (χ1) is 12.4. The maximum absolute atomic E-state index is 13.3. The third kappa shape index (κ3) is 5.86. The Labute approximate surface area is 177 Å². The second-order valence-corrected chi connectivity index (χ2v) is 6.72. The van der Waals surface area contributed by atoms with Crippen LogP contribution in [0.5, 0.6) is 0 Å². The number of rotatable bonds is 3. The third-order valence-corrected chi connectivity index (χ3v) is 4.73. The minimum absolute atomic E-state index is 0. The number of hydrogen-bond acceptors (Lipinski definition) is 4. The van der Waals surface area contributed by atoms with Gasteiger partial charge in [0, 0.05) is 25.4 Å². The van der Waals surface area contributed by atoms with Crippen molar-refractivity contribution >= 4 is 50.4 Å². The van der Waals surface area contributed by atoms with E-state index in [1.807, 2.05) is 0 Å². The van der Waals surface area contributed by atoms with Crippen LogP contribution in [0.2, 0.25) is 0 Å². The van der Waals surface area contributed by atoms with Gasteiger partial charge >= 0.3 is 11.8 Å². The molecule has 1 aromatic carbocycles. The smallest absolute Gasteiger partial charge is 0.311 e. The van der Waals surface area contributed by atoms with Crippen LogP contribution >= 0.6 is 27.0 Å². The Bertz CT molecular complexity index is 729. The zero-order chi connectivity index (χ0) is 18.7. The van der Waals surface area contributed by atoms with Gasteiger partial charge in [0.05, 0.1) is 18.6 Å². The highest BCUT2D eigenvalue weighted by molar-refractivity contribution is 7.59. The maximum Gasteiger partial charge on any atom is 0.311 e. The Morgan fingerprint density at radius 2 is 1.96 bits per heavy atom. The van der Waals surface area contributed by atoms with Gasteiger partial charge in [-0.05, 0) is 43.5 Å². The van der Waals surface area contributed by atoms with Gasteiger partial charge in [0.1, 0.15) is 5.82 Å². The molecule has 7 nitrogen and oxygen atoms in total. The molecule has 28 heavy (non-hydrogen) atoms. The van der Waals surface area contributed by atoms with E-state index in [1.54, 1.807) is 13.0 Å². The van der Waals surface area contributed by atoms with E-state index in [2.05, 4.69) is 10.6 Å². The first-order valence-corrected chi connectivity index (χ1v) is 8.68. The number of carbonyl (C=O) groups is 3. The highest BCUT2D eigenvalue weighted by Crippen LogP contribution is 2.20. The molecule has 2 saturated heterocycles. The molecule has 2 N–H and O–H groups in total. The van der Waals surface area contributed by atoms with Crippen LogP contribution in [-0.2, 0) is 19.1 Å². The molecule has 0 spiro atoms. The molecular formula is C18H26FN3O4S2. The Balaban J connectivity index is 0.00000196. The van der Waals surface area contributed by atoms with Crippen molar-refractivity contribution in [3.05, 3.63) is 29.6 Å². The van der Waals surface area contributed by atoms with E-state index in [9.17, 15) is 18.8 Å². The standard InChI is InChI=1S/C18H22FN3O4.2H2S/c1-11-8-13(2-3-15(11)19)20-16(23)12-4-6-22(9-12)18(25)17(24)21-14-5-7-26-10-14;;/h2-3,8,12,14H,4-7,9-10H2,1H3,(H,20,23)(H,21,24);2*1H2/t12-,14-;;/m0../s1. The monoisotopic (exact) mass is 431 g/mol. The zero-order valence-corrected chi connectivity index (χ0v) is 17.6. The molecule has 2 fully saturated rings. The molecule has 0 aliphatic carbocycles. The van der Waals surface area contributed by atoms with E-state index in [-0.39, 0.29) is 51.3 Å². The van der Waals surface area contributed by atoms with Crippen molar-refractivity contribution in [2.75, 3.05) is 31.6 Å². The lowest BCUT2D eigenvalue weighted by atomic mass is 10.1. The van der Waals surface area contributed by atoms with Gasteiger partial charge in [-0.1, -0.05) is 0 Å². The Kier molecular flexibility index (Phi) is 9.25. The molecule has 156 valence electrons. The number of anilines is 1. The summed E-state index contributed by atoms with van der Waals surface area (Å²) in [5.41, 5.74) is 0.955. The minimum atomic E-state index is -0.657. The molecule has 2 heterocycles. The van der Waals surface area contributed by atoms with Gasteiger partial charge in [-0.3, -0.25) is 14.4 Å². The van der Waals surface area contributed by atoms with Crippen LogP contribution in [0.4, 0.5) is 10.1 Å². The summed E-state index contributed by atoms with van der Waals surface area (Å²) >= 11 is 0. The molecule has 0 bridgehead atoms. The summed E-state index contributed by atoms with van der Waals surface area (Å²) in [5.74, 6) is -2.25. The van der Waals surface area contributed by atoms with Gasteiger partial charge in [-0.2, -0.15) is 27.0 Å². The molecule has 2 aliphatic heterocycles. The topological polar surface area (TPSA) is 87.7 Å². The van der Waals surface area contributed by atoms with Crippen molar-refractivity contribution in [3.8, 4) is 0 Å². The highest BCUT2D eigenvalue weighted by Gasteiger charge is 2.34. The van der Waals surface area contributed by atoms with Gasteiger partial charge in [0.15, 0.2) is 0 Å². The van der Waals surface area contributed by atoms with Crippen molar-refractivity contribution in [2.45, 2.75) is 25.8 Å². The number of benzene rings is 1. The number of likely N-dealkylation sites (tertiary alicyclic amines) is 1. The predicted octanol–water partition coefficient (Wildman–Crippen LogP) is 1.05. The highest BCUT2D eigenvalue weighted by atomic mass is 32.1. The van der Waals surface area contributed by atoms with Crippen molar-refractivity contribution in [1.82, 2.24) is 10.2 Å². The summed E-state index contributed by atoms with van der Waals surface area (Å²) in [6.07, 6.45) is 1.18. The number of carbonyl (C=O) groups excluding carboxylic acids is 3. The lowest BCUT2D eigenvalue weighted by molar-refractivity contribution is -0.145. The quantitative estimate of drug-likeness (QED) is 0.701. The largest absolute Gasteiger partial charge is 0.379 e. The molecule has 0 radical (unpaired) electrons. The van der Waals surface area contributed by atoms with Crippen LogP contribution in [-0.4, -0.2) is 55.0 Å². The van der Waals surface area contributed by atoms with Gasteiger partial charge in [0.25, 0.3) is 0 Å². The summed E-state index contributed by atoms with van der Waals surface area (Å²) in [6.45, 7) is 3.16. The van der Waals surface area contributed by atoms with Crippen molar-refractivity contribution in [2.24, 2.45) is 5.92 Å². The minimum Gasteiger partial charge on any atom is -0.379 e. The Hall–Kier alpha value is -1.78. The van der Waals surface area contributed by atoms with E-state index in [0.717, 1.165) is 0 Å². The lowest BCUT2D eigenvalue weighted by Crippen LogP contribution is -2.46. The molecule has 1 aromatic rings. The van der Waals surface area contributed by atoms with Crippen LogP contribution in [0.1, 0.15) is 18.4 Å². The van der Waals surface area contributed by atoms with E-state index in [1.165, 1.54) is 17.0 Å². The summed E-state index contributed by atoms with van der Waals surface area (Å²) in [5, 5.41) is 5.40. The fourth-order valence-corrected chi connectivity index (χ4v) is 3.16. The molecule has 2 aliphatic rings. The van der Waals surface area contributed by atoms with Gasteiger partial charge < -0.3 is 20.3 Å². The van der Waals surface area contributed by atoms with Crippen LogP contribution in [0, 0.1) is 18.7 Å². The predicted molar refractivity (Wildman–Crippen MR) is 113 cm³/mol. The molecule has 0 saturated carbocycles. The van der Waals surface area contributed by atoms with Crippen LogP contribution in [0.15, 0.2) is 18.2 Å². The first kappa shape index (κ1) is 24.3.